The summed E-state index contributed by atoms with van der Waals surface area (Å²) in [6.07, 6.45) is 18.0. The Kier molecular flexibility index (Phi) is 19.5. The van der Waals surface area contributed by atoms with E-state index in [9.17, 15) is 9.59 Å². The van der Waals surface area contributed by atoms with E-state index in [0.717, 1.165) is 38.5 Å². The summed E-state index contributed by atoms with van der Waals surface area (Å²) >= 11 is 0. The summed E-state index contributed by atoms with van der Waals surface area (Å²) in [6.45, 7) is 8.04. The van der Waals surface area contributed by atoms with Crippen LogP contribution in [0.3, 0.4) is 0 Å². The van der Waals surface area contributed by atoms with E-state index >= 15 is 0 Å². The van der Waals surface area contributed by atoms with Gasteiger partial charge in [0.2, 0.25) is 0 Å². The van der Waals surface area contributed by atoms with Crippen LogP contribution in [0.25, 0.3) is 0 Å². The molecule has 0 aliphatic heterocycles. The van der Waals surface area contributed by atoms with Gasteiger partial charge in [0.05, 0.1) is 6.10 Å². The maximum atomic E-state index is 12.2. The van der Waals surface area contributed by atoms with Crippen LogP contribution in [0.5, 0.6) is 0 Å². The zero-order valence-corrected chi connectivity index (χ0v) is 19.8. The molecule has 29 heavy (non-hydrogen) atoms. The lowest BCUT2D eigenvalue weighted by Crippen LogP contribution is -2.31. The molecule has 1 unspecified atom stereocenters. The first kappa shape index (κ1) is 27.9. The molecule has 0 amide bonds. The molecule has 0 radical (unpaired) electrons. The van der Waals surface area contributed by atoms with E-state index in [2.05, 4.69) is 13.8 Å². The second-order valence-corrected chi connectivity index (χ2v) is 8.60. The van der Waals surface area contributed by atoms with Gasteiger partial charge in [0.15, 0.2) is 6.10 Å². The monoisotopic (exact) mass is 412 g/mol. The van der Waals surface area contributed by atoms with Crippen molar-refractivity contribution >= 4 is 11.9 Å². The summed E-state index contributed by atoms with van der Waals surface area (Å²) in [5.41, 5.74) is 0. The SMILES string of the molecule is CCCCCCCCCCCCCC(=O)OC(CCCCCC)C(=O)OC(C)C. The summed E-state index contributed by atoms with van der Waals surface area (Å²) in [5, 5.41) is 0. The lowest BCUT2D eigenvalue weighted by molar-refractivity contribution is -0.171. The van der Waals surface area contributed by atoms with Gasteiger partial charge in [0.1, 0.15) is 0 Å². The number of carbonyl (C=O) groups excluding carboxylic acids is 2. The average Bonchev–Trinajstić information content (AvgIpc) is 2.67. The van der Waals surface area contributed by atoms with E-state index in [1.165, 1.54) is 57.8 Å². The number of hydrogen-bond donors (Lipinski definition) is 0. The van der Waals surface area contributed by atoms with E-state index in [-0.39, 0.29) is 12.1 Å². The molecule has 0 heterocycles. The van der Waals surface area contributed by atoms with E-state index in [4.69, 9.17) is 9.47 Å². The van der Waals surface area contributed by atoms with Gasteiger partial charge in [-0.05, 0) is 33.1 Å². The molecule has 172 valence electrons. The van der Waals surface area contributed by atoms with Crippen molar-refractivity contribution in [3.63, 3.8) is 0 Å². The van der Waals surface area contributed by atoms with Gasteiger partial charge in [0.25, 0.3) is 0 Å². The van der Waals surface area contributed by atoms with Crippen LogP contribution in [-0.4, -0.2) is 24.1 Å². The molecule has 0 aliphatic carbocycles. The van der Waals surface area contributed by atoms with Crippen LogP contribution in [0.15, 0.2) is 0 Å². The Morgan fingerprint density at radius 2 is 1.07 bits per heavy atom. The molecule has 0 rings (SSSR count). The van der Waals surface area contributed by atoms with Crippen molar-refractivity contribution in [2.24, 2.45) is 0 Å². The first-order valence-electron chi connectivity index (χ1n) is 12.4. The molecule has 0 saturated carbocycles. The molecule has 0 aromatic heterocycles. The first-order valence-corrected chi connectivity index (χ1v) is 12.4. The van der Waals surface area contributed by atoms with Gasteiger partial charge in [-0.15, -0.1) is 0 Å². The average molecular weight is 413 g/mol. The highest BCUT2D eigenvalue weighted by Crippen LogP contribution is 2.15. The van der Waals surface area contributed by atoms with Crippen molar-refractivity contribution in [1.82, 2.24) is 0 Å². The predicted molar refractivity (Wildman–Crippen MR) is 121 cm³/mol. The van der Waals surface area contributed by atoms with Gasteiger partial charge >= 0.3 is 11.9 Å². The zero-order valence-electron chi connectivity index (χ0n) is 19.8. The highest BCUT2D eigenvalue weighted by molar-refractivity contribution is 5.79. The number of carbonyl (C=O) groups is 2. The molecule has 1 atom stereocenters. The minimum Gasteiger partial charge on any atom is -0.460 e. The Balaban J connectivity index is 3.89. The number of ether oxygens (including phenoxy) is 2. The summed E-state index contributed by atoms with van der Waals surface area (Å²) < 4.78 is 10.7. The fraction of sp³-hybridized carbons (Fsp3) is 0.920. The molecule has 0 spiro atoms. The topological polar surface area (TPSA) is 52.6 Å². The van der Waals surface area contributed by atoms with Crippen LogP contribution < -0.4 is 0 Å². The molecule has 0 bridgehead atoms. The van der Waals surface area contributed by atoms with Crippen LogP contribution in [-0.2, 0) is 19.1 Å². The molecule has 4 heteroatoms. The number of hydrogen-bond acceptors (Lipinski definition) is 4. The maximum Gasteiger partial charge on any atom is 0.347 e. The van der Waals surface area contributed by atoms with Gasteiger partial charge < -0.3 is 9.47 Å². The summed E-state index contributed by atoms with van der Waals surface area (Å²) in [6, 6.07) is 0. The van der Waals surface area contributed by atoms with Crippen LogP contribution >= 0.6 is 0 Å². The van der Waals surface area contributed by atoms with Gasteiger partial charge in [0, 0.05) is 6.42 Å². The van der Waals surface area contributed by atoms with E-state index in [1.54, 1.807) is 0 Å². The van der Waals surface area contributed by atoms with Crippen LogP contribution in [0, 0.1) is 0 Å². The lowest BCUT2D eigenvalue weighted by Gasteiger charge is -2.18. The Morgan fingerprint density at radius 3 is 1.55 bits per heavy atom. The highest BCUT2D eigenvalue weighted by Gasteiger charge is 2.24. The van der Waals surface area contributed by atoms with Crippen LogP contribution in [0.4, 0.5) is 0 Å². The van der Waals surface area contributed by atoms with Crippen LogP contribution in [0.2, 0.25) is 0 Å². The van der Waals surface area contributed by atoms with Crippen molar-refractivity contribution in [3.05, 3.63) is 0 Å². The second kappa shape index (κ2) is 20.2. The summed E-state index contributed by atoms with van der Waals surface area (Å²) in [5.74, 6) is -0.661. The third-order valence-electron chi connectivity index (χ3n) is 5.19. The Hall–Kier alpha value is -1.06. The molecule has 0 saturated heterocycles. The van der Waals surface area contributed by atoms with Crippen molar-refractivity contribution in [2.45, 2.75) is 149 Å². The zero-order chi connectivity index (χ0) is 21.7. The third kappa shape index (κ3) is 18.7. The third-order valence-corrected chi connectivity index (χ3v) is 5.19. The normalized spacial score (nSPS) is 12.2. The van der Waals surface area contributed by atoms with Crippen molar-refractivity contribution in [2.75, 3.05) is 0 Å². The molecule has 0 aromatic carbocycles. The molecular formula is C25H48O4. The molecule has 0 fully saturated rings. The molecule has 0 aromatic rings. The van der Waals surface area contributed by atoms with E-state index < -0.39 is 12.1 Å². The minimum atomic E-state index is -0.741. The summed E-state index contributed by atoms with van der Waals surface area (Å²) in [4.78, 5) is 24.4. The van der Waals surface area contributed by atoms with Crippen molar-refractivity contribution in [3.8, 4) is 0 Å². The molecular weight excluding hydrogens is 364 g/mol. The minimum absolute atomic E-state index is 0.189. The molecule has 0 aliphatic rings. The van der Waals surface area contributed by atoms with Crippen LogP contribution in [0.1, 0.15) is 137 Å². The van der Waals surface area contributed by atoms with E-state index in [0.29, 0.717) is 12.8 Å². The highest BCUT2D eigenvalue weighted by atomic mass is 16.6. The fourth-order valence-corrected chi connectivity index (χ4v) is 3.44. The Labute approximate surface area is 180 Å². The van der Waals surface area contributed by atoms with E-state index in [1.807, 2.05) is 13.8 Å². The Bertz CT molecular complexity index is 392. The predicted octanol–water partition coefficient (Wildman–Crippen LogP) is 7.52. The number of unbranched alkanes of at least 4 members (excludes halogenated alkanes) is 13. The smallest absolute Gasteiger partial charge is 0.347 e. The van der Waals surface area contributed by atoms with Crippen molar-refractivity contribution in [1.29, 1.82) is 0 Å². The maximum absolute atomic E-state index is 12.2. The van der Waals surface area contributed by atoms with Gasteiger partial charge in [-0.3, -0.25) is 4.79 Å². The van der Waals surface area contributed by atoms with Crippen molar-refractivity contribution < 1.29 is 19.1 Å². The molecule has 0 N–H and O–H groups in total. The number of rotatable bonds is 20. The fourth-order valence-electron chi connectivity index (χ4n) is 3.44. The van der Waals surface area contributed by atoms with Gasteiger partial charge in [-0.2, -0.15) is 0 Å². The van der Waals surface area contributed by atoms with Gasteiger partial charge in [-0.25, -0.2) is 4.79 Å². The van der Waals surface area contributed by atoms with Gasteiger partial charge in [-0.1, -0.05) is 97.3 Å². The second-order valence-electron chi connectivity index (χ2n) is 8.60. The standard InChI is InChI=1S/C25H48O4/c1-5-7-9-11-12-13-14-15-16-17-19-21-24(26)29-23(20-18-10-8-6-2)25(27)28-22(3)4/h22-23H,5-21H2,1-4H3. The number of esters is 2. The summed E-state index contributed by atoms with van der Waals surface area (Å²) in [7, 11) is 0. The largest absolute Gasteiger partial charge is 0.460 e. The molecule has 4 nitrogen and oxygen atoms in total. The first-order chi connectivity index (χ1) is 14.0. The quantitative estimate of drug-likeness (QED) is 0.153. The lowest BCUT2D eigenvalue weighted by atomic mass is 10.1. The Morgan fingerprint density at radius 1 is 0.621 bits per heavy atom.